The zero-order valence-electron chi connectivity index (χ0n) is 8.87. The molecule has 0 atom stereocenters. The summed E-state index contributed by atoms with van der Waals surface area (Å²) in [6, 6.07) is -0.444. The third-order valence-electron chi connectivity index (χ3n) is 2.14. The zero-order chi connectivity index (χ0) is 16.1. The van der Waals surface area contributed by atoms with Crippen LogP contribution in [0.4, 0.5) is 39.5 Å². The number of alkyl halides is 9. The summed E-state index contributed by atoms with van der Waals surface area (Å²) in [7, 11) is 0. The second-order valence-corrected chi connectivity index (χ2v) is 3.53. The van der Waals surface area contributed by atoms with E-state index in [4.69, 9.17) is 10.2 Å². The lowest BCUT2D eigenvalue weighted by Gasteiger charge is -2.22. The summed E-state index contributed by atoms with van der Waals surface area (Å²) in [5, 5.41) is 17.6. The minimum atomic E-state index is -6.09. The van der Waals surface area contributed by atoms with Crippen LogP contribution in [0.5, 0.6) is 11.5 Å². The summed E-state index contributed by atoms with van der Waals surface area (Å²) in [5.41, 5.74) is -9.00. The zero-order valence-corrected chi connectivity index (χ0v) is 8.87. The van der Waals surface area contributed by atoms with E-state index in [1.54, 1.807) is 0 Å². The first-order valence-corrected chi connectivity index (χ1v) is 4.48. The van der Waals surface area contributed by atoms with Crippen molar-refractivity contribution < 1.29 is 49.7 Å². The van der Waals surface area contributed by atoms with Crippen LogP contribution in [0.15, 0.2) is 6.07 Å². The maximum atomic E-state index is 12.5. The lowest BCUT2D eigenvalue weighted by atomic mass is 9.97. The smallest absolute Gasteiger partial charge is 0.420 e. The maximum Gasteiger partial charge on any atom is 0.420 e. The van der Waals surface area contributed by atoms with Crippen LogP contribution in [0.2, 0.25) is 0 Å². The molecule has 0 radical (unpaired) electrons. The Labute approximate surface area is 104 Å². The van der Waals surface area contributed by atoms with Crippen molar-refractivity contribution in [3.05, 3.63) is 22.8 Å². The average molecular weight is 314 g/mol. The van der Waals surface area contributed by atoms with Crippen LogP contribution in [0.3, 0.4) is 0 Å². The third-order valence-corrected chi connectivity index (χ3v) is 2.14. The predicted molar refractivity (Wildman–Crippen MR) is 44.8 cm³/mol. The molecule has 1 aromatic rings. The third kappa shape index (κ3) is 2.85. The molecule has 0 aromatic heterocycles. The number of rotatable bonds is 0. The van der Waals surface area contributed by atoms with E-state index >= 15 is 0 Å². The van der Waals surface area contributed by atoms with Gasteiger partial charge in [0.1, 0.15) is 22.6 Å². The molecule has 0 unspecified atom stereocenters. The Kier molecular flexibility index (Phi) is 3.53. The second kappa shape index (κ2) is 4.35. The van der Waals surface area contributed by atoms with Gasteiger partial charge >= 0.3 is 18.5 Å². The monoisotopic (exact) mass is 314 g/mol. The van der Waals surface area contributed by atoms with Gasteiger partial charge in [0.25, 0.3) is 0 Å². The van der Waals surface area contributed by atoms with E-state index in [0.717, 1.165) is 0 Å². The predicted octanol–water partition coefficient (Wildman–Crippen LogP) is 4.15. The van der Waals surface area contributed by atoms with Gasteiger partial charge in [-0.05, 0) is 0 Å². The van der Waals surface area contributed by atoms with Crippen LogP contribution in [-0.2, 0) is 18.5 Å². The van der Waals surface area contributed by atoms with Gasteiger partial charge in [0, 0.05) is 6.07 Å². The van der Waals surface area contributed by atoms with E-state index in [9.17, 15) is 39.5 Å². The molecule has 0 amide bonds. The summed E-state index contributed by atoms with van der Waals surface area (Å²) in [6.45, 7) is 0. The topological polar surface area (TPSA) is 40.5 Å². The highest BCUT2D eigenvalue weighted by molar-refractivity contribution is 5.55. The van der Waals surface area contributed by atoms with E-state index < -0.39 is 52.8 Å². The van der Waals surface area contributed by atoms with Crippen LogP contribution < -0.4 is 0 Å². The highest BCUT2D eigenvalue weighted by Crippen LogP contribution is 2.52. The molecule has 1 rings (SSSR count). The first-order valence-electron chi connectivity index (χ1n) is 4.48. The minimum Gasteiger partial charge on any atom is -0.507 e. The van der Waals surface area contributed by atoms with E-state index in [-0.39, 0.29) is 0 Å². The van der Waals surface area contributed by atoms with Crippen molar-refractivity contribution in [1.29, 1.82) is 0 Å². The molecule has 20 heavy (non-hydrogen) atoms. The molecule has 0 saturated carbocycles. The molecule has 0 saturated heterocycles. The van der Waals surface area contributed by atoms with Crippen molar-refractivity contribution in [2.45, 2.75) is 18.5 Å². The summed E-state index contributed by atoms with van der Waals surface area (Å²) >= 11 is 0. The van der Waals surface area contributed by atoms with Crippen LogP contribution in [0, 0.1) is 0 Å². The molecule has 0 spiro atoms. The van der Waals surface area contributed by atoms with Gasteiger partial charge in [0.15, 0.2) is 0 Å². The standard InChI is InChI=1S/C9H3F9O2/c10-7(11,12)4-2(19)1-3(20)5(8(13,14)15)6(4)9(16,17)18/h1,19-20H. The van der Waals surface area contributed by atoms with Crippen molar-refractivity contribution in [1.82, 2.24) is 0 Å². The van der Waals surface area contributed by atoms with Gasteiger partial charge in [-0.15, -0.1) is 0 Å². The lowest BCUT2D eigenvalue weighted by Crippen LogP contribution is -2.23. The second-order valence-electron chi connectivity index (χ2n) is 3.53. The molecule has 0 aliphatic rings. The number of halogens is 9. The van der Waals surface area contributed by atoms with E-state index in [2.05, 4.69) is 0 Å². The Morgan fingerprint density at radius 1 is 0.550 bits per heavy atom. The Bertz CT molecular complexity index is 486. The molecule has 1 aromatic carbocycles. The Balaban J connectivity index is 3.97. The van der Waals surface area contributed by atoms with E-state index in [1.165, 1.54) is 0 Å². The van der Waals surface area contributed by atoms with Crippen LogP contribution >= 0.6 is 0 Å². The molecule has 0 bridgehead atoms. The van der Waals surface area contributed by atoms with E-state index in [0.29, 0.717) is 0 Å². The van der Waals surface area contributed by atoms with Gasteiger partial charge in [-0.3, -0.25) is 0 Å². The minimum absolute atomic E-state index is 0.444. The Morgan fingerprint density at radius 3 is 1.00 bits per heavy atom. The fourth-order valence-electron chi connectivity index (χ4n) is 1.51. The number of aromatic hydroxyl groups is 2. The van der Waals surface area contributed by atoms with E-state index in [1.807, 2.05) is 0 Å². The summed E-state index contributed by atoms with van der Waals surface area (Å²) in [5.74, 6) is -4.31. The van der Waals surface area contributed by atoms with Crippen molar-refractivity contribution in [2.24, 2.45) is 0 Å². The molecule has 114 valence electrons. The summed E-state index contributed by atoms with van der Waals surface area (Å²) in [6.07, 6.45) is -17.9. The molecule has 11 heteroatoms. The van der Waals surface area contributed by atoms with Gasteiger partial charge in [0.2, 0.25) is 0 Å². The molecular formula is C9H3F9O2. The highest BCUT2D eigenvalue weighted by atomic mass is 19.4. The fourth-order valence-corrected chi connectivity index (χ4v) is 1.51. The molecule has 0 aliphatic heterocycles. The van der Waals surface area contributed by atoms with Crippen LogP contribution in [0.25, 0.3) is 0 Å². The van der Waals surface area contributed by atoms with Gasteiger partial charge in [0.05, 0.1) is 5.56 Å². The number of phenolic OH excluding ortho intramolecular Hbond substituents is 2. The molecular weight excluding hydrogens is 311 g/mol. The van der Waals surface area contributed by atoms with Crippen LogP contribution in [0.1, 0.15) is 16.7 Å². The quantitative estimate of drug-likeness (QED) is 0.706. The molecule has 0 aliphatic carbocycles. The number of benzene rings is 1. The SMILES string of the molecule is Oc1cc(O)c(C(F)(F)F)c(C(F)(F)F)c1C(F)(F)F. The first kappa shape index (κ1) is 16.2. The number of hydrogen-bond donors (Lipinski definition) is 2. The van der Waals surface area contributed by atoms with Crippen molar-refractivity contribution in [3.8, 4) is 11.5 Å². The van der Waals surface area contributed by atoms with Crippen molar-refractivity contribution in [2.75, 3.05) is 0 Å². The normalized spacial score (nSPS) is 13.7. The molecule has 0 heterocycles. The fraction of sp³-hybridized carbons (Fsp3) is 0.333. The average Bonchev–Trinajstić information content (AvgIpc) is 2.09. The summed E-state index contributed by atoms with van der Waals surface area (Å²) < 4.78 is 112. The van der Waals surface area contributed by atoms with Gasteiger partial charge in [-0.1, -0.05) is 0 Å². The largest absolute Gasteiger partial charge is 0.507 e. The number of phenols is 2. The van der Waals surface area contributed by atoms with Crippen molar-refractivity contribution >= 4 is 0 Å². The van der Waals surface area contributed by atoms with Gasteiger partial charge < -0.3 is 10.2 Å². The van der Waals surface area contributed by atoms with Crippen molar-refractivity contribution in [3.63, 3.8) is 0 Å². The summed E-state index contributed by atoms with van der Waals surface area (Å²) in [4.78, 5) is 0. The highest BCUT2D eigenvalue weighted by Gasteiger charge is 2.53. The van der Waals surface area contributed by atoms with Crippen LogP contribution in [-0.4, -0.2) is 10.2 Å². The molecule has 2 nitrogen and oxygen atoms in total. The Hall–Kier alpha value is -1.81. The maximum absolute atomic E-state index is 12.5. The van der Waals surface area contributed by atoms with Gasteiger partial charge in [-0.25, -0.2) is 0 Å². The Morgan fingerprint density at radius 2 is 0.800 bits per heavy atom. The van der Waals surface area contributed by atoms with Gasteiger partial charge in [-0.2, -0.15) is 39.5 Å². The first-order chi connectivity index (χ1) is 8.67. The lowest BCUT2D eigenvalue weighted by molar-refractivity contribution is -0.175. The number of hydrogen-bond acceptors (Lipinski definition) is 2. The molecule has 0 fully saturated rings. The molecule has 2 N–H and O–H groups in total.